The fraction of sp³-hybridized carbons (Fsp3) is 0.520. The number of furan rings is 1. The Kier molecular flexibility index (Phi) is 10.9. The van der Waals surface area contributed by atoms with Gasteiger partial charge in [0, 0.05) is 26.1 Å². The van der Waals surface area contributed by atoms with Crippen LogP contribution in [-0.4, -0.2) is 48.4 Å². The molecule has 0 unspecified atom stereocenters. The number of nitrogens with zero attached hydrogens (tertiary/aromatic N) is 2. The van der Waals surface area contributed by atoms with E-state index in [4.69, 9.17) is 9.15 Å². The van der Waals surface area contributed by atoms with Gasteiger partial charge in [0.1, 0.15) is 11.6 Å². The lowest BCUT2D eigenvalue weighted by Gasteiger charge is -2.29. The SMILES string of the molecule is CCCC[C@@H](CC)C(=O)N(CCOC)CC(=O)N(Cc1ccc(F)cc1)Cc1ccco1. The summed E-state index contributed by atoms with van der Waals surface area (Å²) in [6.45, 7) is 5.35. The van der Waals surface area contributed by atoms with Gasteiger partial charge in [-0.15, -0.1) is 0 Å². The maximum Gasteiger partial charge on any atom is 0.242 e. The molecule has 0 aliphatic rings. The van der Waals surface area contributed by atoms with Crippen molar-refractivity contribution in [3.05, 3.63) is 59.8 Å². The van der Waals surface area contributed by atoms with E-state index in [1.165, 1.54) is 12.1 Å². The Morgan fingerprint density at radius 1 is 1.09 bits per heavy atom. The van der Waals surface area contributed by atoms with E-state index in [1.54, 1.807) is 47.4 Å². The van der Waals surface area contributed by atoms with Gasteiger partial charge in [-0.1, -0.05) is 38.8 Å². The van der Waals surface area contributed by atoms with Crippen molar-refractivity contribution in [1.29, 1.82) is 0 Å². The summed E-state index contributed by atoms with van der Waals surface area (Å²) in [6.07, 6.45) is 5.11. The summed E-state index contributed by atoms with van der Waals surface area (Å²) in [7, 11) is 1.58. The second-order valence-corrected chi connectivity index (χ2v) is 7.96. The molecule has 0 saturated carbocycles. The molecule has 0 aliphatic heterocycles. The highest BCUT2D eigenvalue weighted by Gasteiger charge is 2.26. The molecule has 0 spiro atoms. The van der Waals surface area contributed by atoms with Crippen molar-refractivity contribution in [2.24, 2.45) is 5.92 Å². The van der Waals surface area contributed by atoms with Crippen LogP contribution in [0, 0.1) is 11.7 Å². The fourth-order valence-corrected chi connectivity index (χ4v) is 3.58. The van der Waals surface area contributed by atoms with Crippen molar-refractivity contribution in [2.45, 2.75) is 52.6 Å². The average Bonchev–Trinajstić information content (AvgIpc) is 3.31. The predicted octanol–water partition coefficient (Wildman–Crippen LogP) is 4.64. The van der Waals surface area contributed by atoms with E-state index in [1.807, 2.05) is 6.92 Å². The van der Waals surface area contributed by atoms with Gasteiger partial charge in [0.2, 0.25) is 11.8 Å². The minimum absolute atomic E-state index is 0.00826. The van der Waals surface area contributed by atoms with Crippen LogP contribution in [0.15, 0.2) is 47.1 Å². The van der Waals surface area contributed by atoms with E-state index < -0.39 is 0 Å². The average molecular weight is 447 g/mol. The van der Waals surface area contributed by atoms with Gasteiger partial charge in [0.25, 0.3) is 0 Å². The summed E-state index contributed by atoms with van der Waals surface area (Å²) in [5.74, 6) is 0.0122. The number of hydrogen-bond donors (Lipinski definition) is 0. The Hall–Kier alpha value is -2.67. The topological polar surface area (TPSA) is 63.0 Å². The Labute approximate surface area is 190 Å². The monoisotopic (exact) mass is 446 g/mol. The Morgan fingerprint density at radius 3 is 2.44 bits per heavy atom. The Morgan fingerprint density at radius 2 is 1.84 bits per heavy atom. The Balaban J connectivity index is 2.17. The van der Waals surface area contributed by atoms with Gasteiger partial charge in [-0.25, -0.2) is 4.39 Å². The molecule has 6 nitrogen and oxygen atoms in total. The maximum atomic E-state index is 13.3. The lowest BCUT2D eigenvalue weighted by atomic mass is 9.97. The third-order valence-corrected chi connectivity index (χ3v) is 5.52. The highest BCUT2D eigenvalue weighted by atomic mass is 19.1. The normalized spacial score (nSPS) is 11.9. The van der Waals surface area contributed by atoms with Crippen LogP contribution in [0.5, 0.6) is 0 Å². The van der Waals surface area contributed by atoms with E-state index in [9.17, 15) is 14.0 Å². The van der Waals surface area contributed by atoms with Crippen molar-refractivity contribution in [2.75, 3.05) is 26.8 Å². The largest absolute Gasteiger partial charge is 0.467 e. The van der Waals surface area contributed by atoms with Crippen LogP contribution in [-0.2, 0) is 27.4 Å². The maximum absolute atomic E-state index is 13.3. The number of benzene rings is 1. The molecule has 2 rings (SSSR count). The number of hydrogen-bond acceptors (Lipinski definition) is 4. The minimum atomic E-state index is -0.327. The first-order chi connectivity index (χ1) is 15.5. The summed E-state index contributed by atoms with van der Waals surface area (Å²) in [6, 6.07) is 9.63. The van der Waals surface area contributed by atoms with E-state index >= 15 is 0 Å². The molecule has 2 aromatic rings. The molecule has 2 amide bonds. The van der Waals surface area contributed by atoms with E-state index in [2.05, 4.69) is 6.92 Å². The van der Waals surface area contributed by atoms with Gasteiger partial charge in [0.05, 0.1) is 26.0 Å². The highest BCUT2D eigenvalue weighted by molar-refractivity contribution is 5.86. The highest BCUT2D eigenvalue weighted by Crippen LogP contribution is 2.17. The number of rotatable bonds is 14. The predicted molar refractivity (Wildman–Crippen MR) is 121 cm³/mol. The summed E-state index contributed by atoms with van der Waals surface area (Å²) in [5.41, 5.74) is 0.801. The van der Waals surface area contributed by atoms with E-state index in [-0.39, 0.29) is 36.6 Å². The number of carbonyl (C=O) groups excluding carboxylic acids is 2. The van der Waals surface area contributed by atoms with Gasteiger partial charge in [0.15, 0.2) is 0 Å². The van der Waals surface area contributed by atoms with Gasteiger partial charge >= 0.3 is 0 Å². The molecular weight excluding hydrogens is 411 g/mol. The number of methoxy groups -OCH3 is 1. The quantitative estimate of drug-likeness (QED) is 0.424. The van der Waals surface area contributed by atoms with Gasteiger partial charge in [-0.2, -0.15) is 0 Å². The molecule has 1 heterocycles. The number of unbranched alkanes of at least 4 members (excludes halogenated alkanes) is 1. The molecule has 1 aromatic carbocycles. The van der Waals surface area contributed by atoms with Crippen molar-refractivity contribution in [3.8, 4) is 0 Å². The van der Waals surface area contributed by atoms with Gasteiger partial charge < -0.3 is 19.0 Å². The second-order valence-electron chi connectivity index (χ2n) is 7.96. The van der Waals surface area contributed by atoms with Crippen LogP contribution in [0.1, 0.15) is 50.9 Å². The van der Waals surface area contributed by atoms with Crippen LogP contribution in [0.2, 0.25) is 0 Å². The third kappa shape index (κ3) is 8.11. The van der Waals surface area contributed by atoms with Crippen LogP contribution in [0.25, 0.3) is 0 Å². The van der Waals surface area contributed by atoms with Gasteiger partial charge in [-0.05, 0) is 42.7 Å². The standard InChI is InChI=1S/C25H35FN2O4/c1-4-6-8-21(5-2)25(30)27(14-16-31-3)19-24(29)28(18-23-9-7-15-32-23)17-20-10-12-22(26)13-11-20/h7,9-13,15,21H,4-6,8,14,16-19H2,1-3H3/t21-/m1/s1. The first-order valence-corrected chi connectivity index (χ1v) is 11.3. The van der Waals surface area contributed by atoms with Crippen LogP contribution in [0.3, 0.4) is 0 Å². The van der Waals surface area contributed by atoms with Crippen LogP contribution in [0.4, 0.5) is 4.39 Å². The lowest BCUT2D eigenvalue weighted by Crippen LogP contribution is -2.45. The minimum Gasteiger partial charge on any atom is -0.467 e. The van der Waals surface area contributed by atoms with Crippen molar-refractivity contribution in [1.82, 2.24) is 9.80 Å². The molecule has 7 heteroatoms. The number of ether oxygens (including phenoxy) is 1. The number of amides is 2. The summed E-state index contributed by atoms with van der Waals surface area (Å²) in [5, 5.41) is 0. The molecule has 0 radical (unpaired) electrons. The fourth-order valence-electron chi connectivity index (χ4n) is 3.58. The summed E-state index contributed by atoms with van der Waals surface area (Å²) >= 11 is 0. The molecule has 0 bridgehead atoms. The first kappa shape index (κ1) is 25.6. The lowest BCUT2D eigenvalue weighted by molar-refractivity contribution is -0.144. The summed E-state index contributed by atoms with van der Waals surface area (Å²) < 4.78 is 23.9. The van der Waals surface area contributed by atoms with Crippen molar-refractivity contribution < 1.29 is 23.1 Å². The molecular formula is C25H35FN2O4. The zero-order valence-electron chi connectivity index (χ0n) is 19.4. The molecule has 0 aliphatic carbocycles. The second kappa shape index (κ2) is 13.7. The zero-order valence-corrected chi connectivity index (χ0v) is 19.4. The van der Waals surface area contributed by atoms with Crippen LogP contribution < -0.4 is 0 Å². The molecule has 0 N–H and O–H groups in total. The van der Waals surface area contributed by atoms with Crippen LogP contribution >= 0.6 is 0 Å². The molecule has 32 heavy (non-hydrogen) atoms. The van der Waals surface area contributed by atoms with Gasteiger partial charge in [-0.3, -0.25) is 9.59 Å². The first-order valence-electron chi connectivity index (χ1n) is 11.3. The molecule has 176 valence electrons. The third-order valence-electron chi connectivity index (χ3n) is 5.52. The van der Waals surface area contributed by atoms with Crippen molar-refractivity contribution in [3.63, 3.8) is 0 Å². The zero-order chi connectivity index (χ0) is 23.3. The Bertz CT molecular complexity index is 808. The molecule has 1 aromatic heterocycles. The molecule has 0 saturated heterocycles. The number of halogens is 1. The molecule has 0 fully saturated rings. The smallest absolute Gasteiger partial charge is 0.242 e. The molecule has 1 atom stereocenters. The number of carbonyl (C=O) groups is 2. The van der Waals surface area contributed by atoms with E-state index in [0.717, 1.165) is 31.2 Å². The van der Waals surface area contributed by atoms with E-state index in [0.29, 0.717) is 25.5 Å². The van der Waals surface area contributed by atoms with Crippen molar-refractivity contribution >= 4 is 11.8 Å². The summed E-state index contributed by atoms with van der Waals surface area (Å²) in [4.78, 5) is 29.8.